The molecule has 1 aliphatic rings. The van der Waals surface area contributed by atoms with Gasteiger partial charge in [-0.25, -0.2) is 18.2 Å². The fourth-order valence-electron chi connectivity index (χ4n) is 2.89. The largest absolute Gasteiger partial charge is 0.461 e. The number of sulfone groups is 1. The molecular weight excluding hydrogens is 517 g/mol. The fraction of sp³-hybridized carbons (Fsp3) is 0.421. The monoisotopic (exact) mass is 538 g/mol. The highest BCUT2D eigenvalue weighted by Gasteiger charge is 2.47. The molecule has 13 nitrogen and oxygen atoms in total. The molecule has 0 saturated heterocycles. The second kappa shape index (κ2) is 10.5. The van der Waals surface area contributed by atoms with Crippen molar-refractivity contribution in [2.45, 2.75) is 18.6 Å². The van der Waals surface area contributed by atoms with E-state index in [1.807, 2.05) is 0 Å². The highest BCUT2D eigenvalue weighted by atomic mass is 32.2. The number of carbonyl (C=O) groups excluding carboxylic acids is 2. The van der Waals surface area contributed by atoms with Gasteiger partial charge in [-0.05, 0) is 25.1 Å². The Bertz CT molecular complexity index is 1240. The smallest absolute Gasteiger partial charge is 0.416 e. The van der Waals surface area contributed by atoms with Crippen LogP contribution in [0.5, 0.6) is 5.75 Å². The lowest BCUT2D eigenvalue weighted by Gasteiger charge is -2.31. The Labute approximate surface area is 202 Å². The number of nitro groups is 1. The maximum atomic E-state index is 13.5. The Morgan fingerprint density at radius 3 is 2.31 bits per heavy atom. The number of rotatable bonds is 8. The summed E-state index contributed by atoms with van der Waals surface area (Å²) in [5.41, 5.74) is -6.25. The Kier molecular flexibility index (Phi) is 8.30. The molecule has 0 saturated carbocycles. The molecule has 1 aromatic rings. The molecule has 1 atom stereocenters. The molecular formula is C19H21F3N4O9S. The van der Waals surface area contributed by atoms with E-state index in [1.54, 1.807) is 0 Å². The number of alkyl halides is 3. The van der Waals surface area contributed by atoms with Gasteiger partial charge in [-0.3, -0.25) is 19.7 Å². The lowest BCUT2D eigenvalue weighted by molar-refractivity contribution is -0.421. The van der Waals surface area contributed by atoms with E-state index in [-0.39, 0.29) is 6.61 Å². The van der Waals surface area contributed by atoms with Crippen LogP contribution in [-0.2, 0) is 30.4 Å². The number of benzene rings is 1. The predicted molar refractivity (Wildman–Crippen MR) is 116 cm³/mol. The third-order valence-corrected chi connectivity index (χ3v) is 5.46. The topological polar surface area (TPSA) is 158 Å². The predicted octanol–water partition coefficient (Wildman–Crippen LogP) is 1.44. The van der Waals surface area contributed by atoms with Crippen LogP contribution in [0.3, 0.4) is 0 Å². The van der Waals surface area contributed by atoms with Gasteiger partial charge in [0, 0.05) is 25.9 Å². The third kappa shape index (κ3) is 6.09. The lowest BCUT2D eigenvalue weighted by Crippen LogP contribution is -2.47. The van der Waals surface area contributed by atoms with Gasteiger partial charge in [-0.1, -0.05) is 0 Å². The SMILES string of the molecule is CCOC(=O)C1=NC(S(C)(=O)=O)N(OC)C(Oc2cc(C(=O)N(C)C)cc(C(F)(F)F)c2)=C1[N+](=O)[O-]. The zero-order valence-corrected chi connectivity index (χ0v) is 20.3. The van der Waals surface area contributed by atoms with Crippen LogP contribution in [0.1, 0.15) is 22.8 Å². The third-order valence-electron chi connectivity index (χ3n) is 4.40. The van der Waals surface area contributed by atoms with Crippen molar-refractivity contribution in [3.8, 4) is 5.75 Å². The van der Waals surface area contributed by atoms with Crippen molar-refractivity contribution >= 4 is 27.4 Å². The second-order valence-corrected chi connectivity index (χ2v) is 9.40. The average molecular weight is 538 g/mol. The summed E-state index contributed by atoms with van der Waals surface area (Å²) in [6.45, 7) is 1.11. The molecule has 1 aliphatic heterocycles. The second-order valence-electron chi connectivity index (χ2n) is 7.32. The molecule has 0 N–H and O–H groups in total. The Morgan fingerprint density at radius 1 is 1.25 bits per heavy atom. The quantitative estimate of drug-likeness (QED) is 0.269. The maximum Gasteiger partial charge on any atom is 0.416 e. The summed E-state index contributed by atoms with van der Waals surface area (Å²) in [5, 5.41) is 12.2. The van der Waals surface area contributed by atoms with Gasteiger partial charge < -0.3 is 14.4 Å². The molecule has 0 aliphatic carbocycles. The molecule has 0 aromatic heterocycles. The van der Waals surface area contributed by atoms with E-state index in [2.05, 4.69) is 4.99 Å². The highest BCUT2D eigenvalue weighted by molar-refractivity contribution is 7.91. The number of amides is 1. The molecule has 17 heteroatoms. The number of halogens is 3. The molecule has 0 radical (unpaired) electrons. The zero-order chi connectivity index (χ0) is 27.6. The van der Waals surface area contributed by atoms with Crippen molar-refractivity contribution < 1.29 is 50.4 Å². The maximum absolute atomic E-state index is 13.5. The Hall–Kier alpha value is -3.73. The number of nitrogens with zero attached hydrogens (tertiary/aromatic N) is 4. The molecule has 2 rings (SSSR count). The molecule has 0 spiro atoms. The molecule has 1 amide bonds. The summed E-state index contributed by atoms with van der Waals surface area (Å²) in [7, 11) is -0.831. The van der Waals surface area contributed by atoms with E-state index >= 15 is 0 Å². The highest BCUT2D eigenvalue weighted by Crippen LogP contribution is 2.35. The van der Waals surface area contributed by atoms with Gasteiger partial charge in [0.1, 0.15) is 5.75 Å². The first-order valence-corrected chi connectivity index (χ1v) is 11.8. The molecule has 1 heterocycles. The number of hydrogen-bond acceptors (Lipinski definition) is 11. The lowest BCUT2D eigenvalue weighted by atomic mass is 10.1. The van der Waals surface area contributed by atoms with Gasteiger partial charge in [-0.2, -0.15) is 18.2 Å². The van der Waals surface area contributed by atoms with Gasteiger partial charge >= 0.3 is 23.7 Å². The number of ether oxygens (including phenoxy) is 2. The van der Waals surface area contributed by atoms with E-state index in [1.165, 1.54) is 21.0 Å². The van der Waals surface area contributed by atoms with Crippen LogP contribution < -0.4 is 4.74 Å². The van der Waals surface area contributed by atoms with Crippen LogP contribution in [0.4, 0.5) is 13.2 Å². The summed E-state index contributed by atoms with van der Waals surface area (Å²) in [6, 6.07) is 1.81. The van der Waals surface area contributed by atoms with E-state index in [9.17, 15) is 41.3 Å². The van der Waals surface area contributed by atoms with Crippen LogP contribution in [0, 0.1) is 10.1 Å². The van der Waals surface area contributed by atoms with Crippen molar-refractivity contribution in [2.24, 2.45) is 4.99 Å². The summed E-state index contributed by atoms with van der Waals surface area (Å²) < 4.78 is 75.3. The van der Waals surface area contributed by atoms with Crippen LogP contribution in [0.2, 0.25) is 0 Å². The van der Waals surface area contributed by atoms with Gasteiger partial charge in [0.25, 0.3) is 11.4 Å². The number of esters is 1. The number of aliphatic imine (C=N–C) groups is 1. The molecule has 198 valence electrons. The summed E-state index contributed by atoms with van der Waals surface area (Å²) in [4.78, 5) is 44.9. The van der Waals surface area contributed by atoms with Gasteiger partial charge in [0.05, 0.1) is 24.2 Å². The molecule has 0 bridgehead atoms. The van der Waals surface area contributed by atoms with Crippen molar-refractivity contribution in [1.29, 1.82) is 0 Å². The summed E-state index contributed by atoms with van der Waals surface area (Å²) in [5.74, 6) is -4.07. The van der Waals surface area contributed by atoms with Gasteiger partial charge in [0.15, 0.2) is 9.84 Å². The first kappa shape index (κ1) is 28.5. The Balaban J connectivity index is 2.85. The van der Waals surface area contributed by atoms with Crippen LogP contribution >= 0.6 is 0 Å². The van der Waals surface area contributed by atoms with Crippen molar-refractivity contribution in [3.05, 3.63) is 51.0 Å². The minimum Gasteiger partial charge on any atom is -0.461 e. The first-order valence-electron chi connectivity index (χ1n) is 9.80. The fourth-order valence-corrected chi connectivity index (χ4v) is 3.72. The van der Waals surface area contributed by atoms with Crippen molar-refractivity contribution in [3.63, 3.8) is 0 Å². The van der Waals surface area contributed by atoms with E-state index < -0.39 is 72.5 Å². The molecule has 1 unspecified atom stereocenters. The molecule has 36 heavy (non-hydrogen) atoms. The van der Waals surface area contributed by atoms with Gasteiger partial charge in [-0.15, -0.1) is 0 Å². The minimum absolute atomic E-state index is 0.264. The van der Waals surface area contributed by atoms with Crippen molar-refractivity contribution in [1.82, 2.24) is 9.96 Å². The van der Waals surface area contributed by atoms with Crippen LogP contribution in [-0.4, -0.2) is 80.5 Å². The number of hydrogen-bond donors (Lipinski definition) is 0. The molecule has 0 fully saturated rings. The van der Waals surface area contributed by atoms with E-state index in [0.717, 1.165) is 18.1 Å². The Morgan fingerprint density at radius 2 is 1.86 bits per heavy atom. The van der Waals surface area contributed by atoms with E-state index in [4.69, 9.17) is 14.3 Å². The van der Waals surface area contributed by atoms with Crippen LogP contribution in [0.15, 0.2) is 34.8 Å². The van der Waals surface area contributed by atoms with Gasteiger partial charge in [0.2, 0.25) is 5.71 Å². The standard InChI is InChI=1S/C19H21F3N4O9S/c1-6-34-17(28)13-14(26(29)30)16(25(33-4)18(23-13)36(5,31)32)35-12-8-10(15(27)24(2)3)7-11(9-12)19(20,21)22/h7-9,18H,6H2,1-5H3. The summed E-state index contributed by atoms with van der Waals surface area (Å²) >= 11 is 0. The van der Waals surface area contributed by atoms with Crippen LogP contribution in [0.25, 0.3) is 0 Å². The zero-order valence-electron chi connectivity index (χ0n) is 19.5. The minimum atomic E-state index is -4.96. The van der Waals surface area contributed by atoms with E-state index in [0.29, 0.717) is 23.5 Å². The normalized spacial score (nSPS) is 16.4. The van der Waals surface area contributed by atoms with Crippen molar-refractivity contribution in [2.75, 3.05) is 34.1 Å². The molecule has 1 aromatic carbocycles. The average Bonchev–Trinajstić information content (AvgIpc) is 2.76. The summed E-state index contributed by atoms with van der Waals surface area (Å²) in [6.07, 6.45) is -4.29. The first-order chi connectivity index (χ1) is 16.5. The number of carbonyl (C=O) groups is 2. The number of hydroxylamine groups is 2.